The predicted octanol–water partition coefficient (Wildman–Crippen LogP) is 4.00. The minimum Gasteiger partial charge on any atom is -0.349 e. The van der Waals surface area contributed by atoms with Crippen LogP contribution in [0.1, 0.15) is 23.8 Å². The van der Waals surface area contributed by atoms with Gasteiger partial charge in [0, 0.05) is 10.9 Å². The third-order valence-electron chi connectivity index (χ3n) is 4.32. The van der Waals surface area contributed by atoms with Crippen LogP contribution in [0.3, 0.4) is 0 Å². The van der Waals surface area contributed by atoms with Gasteiger partial charge < -0.3 is 10.6 Å². The number of halogens is 2. The maximum absolute atomic E-state index is 13.7. The summed E-state index contributed by atoms with van der Waals surface area (Å²) in [7, 11) is 0. The molecule has 1 unspecified atom stereocenters. The Hall–Kier alpha value is -2.91. The van der Waals surface area contributed by atoms with Crippen molar-refractivity contribution in [1.29, 1.82) is 0 Å². The van der Waals surface area contributed by atoms with Gasteiger partial charge in [-0.3, -0.25) is 10.1 Å². The van der Waals surface area contributed by atoms with Gasteiger partial charge in [-0.15, -0.1) is 11.3 Å². The first-order valence-electron chi connectivity index (χ1n) is 9.29. The molecule has 0 aliphatic rings. The highest BCUT2D eigenvalue weighted by molar-refractivity contribution is 7.09. The number of nitrogens with zero attached hydrogens (tertiary/aromatic N) is 2. The summed E-state index contributed by atoms with van der Waals surface area (Å²) < 4.78 is 15.2. The number of hydrogen-bond donors (Lipinski definition) is 3. The quantitative estimate of drug-likeness (QED) is 0.485. The van der Waals surface area contributed by atoms with E-state index in [1.807, 2.05) is 24.4 Å². The molecule has 0 radical (unpaired) electrons. The summed E-state index contributed by atoms with van der Waals surface area (Å²) in [4.78, 5) is 25.8. The number of urea groups is 1. The van der Waals surface area contributed by atoms with Gasteiger partial charge in [-0.05, 0) is 35.6 Å². The average Bonchev–Trinajstić information content (AvgIpc) is 3.39. The van der Waals surface area contributed by atoms with Gasteiger partial charge in [-0.25, -0.2) is 13.9 Å². The zero-order chi connectivity index (χ0) is 21.5. The zero-order valence-corrected chi connectivity index (χ0v) is 17.8. The van der Waals surface area contributed by atoms with Crippen molar-refractivity contribution >= 4 is 40.7 Å². The number of carbonyl (C=O) groups is 2. The zero-order valence-electron chi connectivity index (χ0n) is 16.2. The van der Waals surface area contributed by atoms with Crippen LogP contribution in [0.25, 0.3) is 0 Å². The van der Waals surface area contributed by atoms with Crippen LogP contribution in [-0.4, -0.2) is 27.8 Å². The highest BCUT2D eigenvalue weighted by Crippen LogP contribution is 2.17. The average molecular weight is 450 g/mol. The molecule has 0 spiro atoms. The van der Waals surface area contributed by atoms with Gasteiger partial charge >= 0.3 is 6.03 Å². The predicted molar refractivity (Wildman–Crippen MR) is 115 cm³/mol. The van der Waals surface area contributed by atoms with Crippen molar-refractivity contribution in [2.45, 2.75) is 32.5 Å². The van der Waals surface area contributed by atoms with Gasteiger partial charge in [0.25, 0.3) is 0 Å². The maximum atomic E-state index is 13.7. The number of rotatable bonds is 8. The molecule has 3 amide bonds. The van der Waals surface area contributed by atoms with E-state index < -0.39 is 17.9 Å². The molecule has 1 aromatic carbocycles. The van der Waals surface area contributed by atoms with Crippen molar-refractivity contribution in [1.82, 2.24) is 20.4 Å². The van der Waals surface area contributed by atoms with Crippen LogP contribution >= 0.6 is 22.9 Å². The molecule has 3 aromatic rings. The first kappa shape index (κ1) is 21.8. The van der Waals surface area contributed by atoms with Crippen molar-refractivity contribution in [2.75, 3.05) is 5.32 Å². The number of hydrogen-bond acceptors (Lipinski definition) is 4. The molecule has 3 rings (SSSR count). The fourth-order valence-corrected chi connectivity index (χ4v) is 3.51. The Morgan fingerprint density at radius 2 is 2.13 bits per heavy atom. The second-order valence-corrected chi connectivity index (χ2v) is 7.92. The van der Waals surface area contributed by atoms with E-state index in [9.17, 15) is 14.0 Å². The lowest BCUT2D eigenvalue weighted by molar-refractivity contribution is -0.123. The van der Waals surface area contributed by atoms with E-state index in [4.69, 9.17) is 11.6 Å². The second-order valence-electron chi connectivity index (χ2n) is 6.48. The monoisotopic (exact) mass is 449 g/mol. The third-order valence-corrected chi connectivity index (χ3v) is 5.50. The Morgan fingerprint density at radius 3 is 2.83 bits per heavy atom. The molecular formula is C20H21ClFN5O2S. The molecule has 158 valence electrons. The lowest BCUT2D eigenvalue weighted by Gasteiger charge is -2.17. The van der Waals surface area contributed by atoms with Crippen LogP contribution in [0.5, 0.6) is 0 Å². The molecule has 1 atom stereocenters. The third kappa shape index (κ3) is 5.80. The van der Waals surface area contributed by atoms with Crippen molar-refractivity contribution < 1.29 is 14.0 Å². The molecule has 0 saturated heterocycles. The Balaban J connectivity index is 1.56. The van der Waals surface area contributed by atoms with Crippen LogP contribution in [0.2, 0.25) is 5.02 Å². The number of benzene rings is 1. The molecule has 30 heavy (non-hydrogen) atoms. The van der Waals surface area contributed by atoms with Crippen molar-refractivity contribution in [3.05, 3.63) is 69.3 Å². The topological polar surface area (TPSA) is 88.1 Å². The number of anilines is 1. The number of carbonyl (C=O) groups excluding carboxylic acids is 2. The normalized spacial score (nSPS) is 11.7. The highest BCUT2D eigenvalue weighted by atomic mass is 35.5. The molecule has 0 saturated carbocycles. The number of aromatic nitrogens is 2. The Kier molecular flexibility index (Phi) is 7.42. The van der Waals surface area contributed by atoms with Gasteiger partial charge in [0.15, 0.2) is 0 Å². The summed E-state index contributed by atoms with van der Waals surface area (Å²) in [5.41, 5.74) is 0.642. The Bertz CT molecular complexity index is 1010. The molecule has 0 bridgehead atoms. The van der Waals surface area contributed by atoms with E-state index in [-0.39, 0.29) is 17.5 Å². The number of thiophene rings is 1. The standard InChI is InChI=1S/C20H21ClFN5O2S/c1-2-17(19(28)23-11-14-4-3-9-30-14)25-20(29)26-18-7-8-24-27(18)12-13-5-6-15(21)16(22)10-13/h3-10,17H,2,11-12H2,1H3,(H,23,28)(H2,25,26,29). The van der Waals surface area contributed by atoms with Gasteiger partial charge in [-0.2, -0.15) is 5.10 Å². The van der Waals surface area contributed by atoms with E-state index in [1.165, 1.54) is 23.0 Å². The van der Waals surface area contributed by atoms with Crippen LogP contribution in [0.4, 0.5) is 15.0 Å². The lowest BCUT2D eigenvalue weighted by atomic mass is 10.2. The second kappa shape index (κ2) is 10.2. The molecule has 2 aromatic heterocycles. The van der Waals surface area contributed by atoms with Crippen LogP contribution in [0.15, 0.2) is 48.0 Å². The molecule has 7 nitrogen and oxygen atoms in total. The minimum atomic E-state index is -0.674. The van der Waals surface area contributed by atoms with Crippen LogP contribution in [-0.2, 0) is 17.9 Å². The van der Waals surface area contributed by atoms with Gasteiger partial charge in [-0.1, -0.05) is 30.7 Å². The molecule has 2 heterocycles. The summed E-state index contributed by atoms with van der Waals surface area (Å²) in [6.07, 6.45) is 1.96. The summed E-state index contributed by atoms with van der Waals surface area (Å²) in [6, 6.07) is 8.72. The first-order valence-corrected chi connectivity index (χ1v) is 10.6. The van der Waals surface area contributed by atoms with Gasteiger partial charge in [0.1, 0.15) is 17.7 Å². The summed E-state index contributed by atoms with van der Waals surface area (Å²) in [5.74, 6) is -0.365. The summed E-state index contributed by atoms with van der Waals surface area (Å²) >= 11 is 7.26. The fourth-order valence-electron chi connectivity index (χ4n) is 2.75. The lowest BCUT2D eigenvalue weighted by Crippen LogP contribution is -2.47. The number of amides is 3. The summed E-state index contributed by atoms with van der Waals surface area (Å²) in [6.45, 7) is 2.48. The van der Waals surface area contributed by atoms with Crippen molar-refractivity contribution in [3.8, 4) is 0 Å². The van der Waals surface area contributed by atoms with Gasteiger partial charge in [0.2, 0.25) is 5.91 Å². The van der Waals surface area contributed by atoms with E-state index >= 15 is 0 Å². The van der Waals surface area contributed by atoms with Crippen molar-refractivity contribution in [2.24, 2.45) is 0 Å². The van der Waals surface area contributed by atoms with E-state index in [2.05, 4.69) is 21.0 Å². The maximum Gasteiger partial charge on any atom is 0.321 e. The molecule has 0 aliphatic heterocycles. The fraction of sp³-hybridized carbons (Fsp3) is 0.250. The van der Waals surface area contributed by atoms with E-state index in [0.717, 1.165) is 4.88 Å². The first-order chi connectivity index (χ1) is 14.5. The van der Waals surface area contributed by atoms with Gasteiger partial charge in [0.05, 0.1) is 24.3 Å². The van der Waals surface area contributed by atoms with Crippen LogP contribution in [0, 0.1) is 5.82 Å². The Morgan fingerprint density at radius 1 is 1.30 bits per heavy atom. The molecule has 0 fully saturated rings. The van der Waals surface area contributed by atoms with E-state index in [0.29, 0.717) is 24.3 Å². The Labute approximate surface area is 182 Å². The molecular weight excluding hydrogens is 429 g/mol. The van der Waals surface area contributed by atoms with E-state index in [1.54, 1.807) is 23.5 Å². The summed E-state index contributed by atoms with van der Waals surface area (Å²) in [5, 5.41) is 14.3. The molecule has 3 N–H and O–H groups in total. The molecule has 10 heteroatoms. The number of nitrogens with one attached hydrogen (secondary N) is 3. The largest absolute Gasteiger partial charge is 0.349 e. The minimum absolute atomic E-state index is 0.0416. The van der Waals surface area contributed by atoms with Crippen molar-refractivity contribution in [3.63, 3.8) is 0 Å². The smallest absolute Gasteiger partial charge is 0.321 e. The SMILES string of the molecule is CCC(NC(=O)Nc1ccnn1Cc1ccc(Cl)c(F)c1)C(=O)NCc1cccs1. The van der Waals surface area contributed by atoms with Crippen LogP contribution < -0.4 is 16.0 Å². The molecule has 0 aliphatic carbocycles. The highest BCUT2D eigenvalue weighted by Gasteiger charge is 2.19.